The van der Waals surface area contributed by atoms with Gasteiger partial charge in [-0.2, -0.15) is 0 Å². The zero-order chi connectivity index (χ0) is 14.0. The maximum atomic E-state index is 12.1. The quantitative estimate of drug-likeness (QED) is 0.859. The van der Waals surface area contributed by atoms with Crippen molar-refractivity contribution in [2.45, 2.75) is 6.54 Å². The summed E-state index contributed by atoms with van der Waals surface area (Å²) in [5, 5.41) is 0.599. The van der Waals surface area contributed by atoms with Crippen molar-refractivity contribution >= 4 is 44.7 Å². The Hall–Kier alpha value is -1.17. The van der Waals surface area contributed by atoms with E-state index >= 15 is 0 Å². The minimum absolute atomic E-state index is 0.0984. The third-order valence-electron chi connectivity index (χ3n) is 2.64. The van der Waals surface area contributed by atoms with Crippen LogP contribution in [-0.4, -0.2) is 9.56 Å². The summed E-state index contributed by atoms with van der Waals surface area (Å²) in [6, 6.07) is 8.89. The Morgan fingerprint density at radius 1 is 1.42 bits per heavy atom. The molecule has 0 aliphatic heterocycles. The highest BCUT2D eigenvalue weighted by Crippen LogP contribution is 2.21. The lowest BCUT2D eigenvalue weighted by Gasteiger charge is -2.09. The second kappa shape index (κ2) is 5.86. The van der Waals surface area contributed by atoms with E-state index < -0.39 is 0 Å². The zero-order valence-corrected chi connectivity index (χ0v) is 12.9. The fourth-order valence-corrected chi connectivity index (χ4v) is 2.57. The number of hydrogen-bond donors (Lipinski definition) is 1. The smallest absolute Gasteiger partial charge is 0.261 e. The Morgan fingerprint density at radius 2 is 2.16 bits per heavy atom. The maximum absolute atomic E-state index is 12.1. The number of pyridine rings is 1. The van der Waals surface area contributed by atoms with Crippen LogP contribution in [0.5, 0.6) is 0 Å². The summed E-state index contributed by atoms with van der Waals surface area (Å²) in [7, 11) is 0. The lowest BCUT2D eigenvalue weighted by atomic mass is 10.2. The van der Waals surface area contributed by atoms with E-state index in [1.54, 1.807) is 24.4 Å². The summed E-state index contributed by atoms with van der Waals surface area (Å²) in [5.41, 5.74) is 6.49. The van der Waals surface area contributed by atoms with Crippen LogP contribution in [0.1, 0.15) is 11.1 Å². The standard InChI is InChI=1S/C13H10BrClN2OS/c14-9-4-3-8(11(15)6-9)7-17-5-1-2-10(12(16)19)13(17)18/h1-6H,7H2,(H2,16,19). The minimum Gasteiger partial charge on any atom is -0.389 e. The van der Waals surface area contributed by atoms with Gasteiger partial charge in [-0.3, -0.25) is 4.79 Å². The van der Waals surface area contributed by atoms with Crippen molar-refractivity contribution in [3.05, 3.63) is 67.5 Å². The average Bonchev–Trinajstić information content (AvgIpc) is 2.34. The molecule has 0 aliphatic carbocycles. The summed E-state index contributed by atoms with van der Waals surface area (Å²) in [5.74, 6) is 0. The highest BCUT2D eigenvalue weighted by Gasteiger charge is 2.07. The van der Waals surface area contributed by atoms with Crippen molar-refractivity contribution in [1.82, 2.24) is 4.57 Å². The summed E-state index contributed by atoms with van der Waals surface area (Å²) in [4.78, 5) is 12.2. The Bertz CT molecular complexity index is 699. The summed E-state index contributed by atoms with van der Waals surface area (Å²) >= 11 is 14.3. The van der Waals surface area contributed by atoms with Gasteiger partial charge in [0, 0.05) is 15.7 Å². The summed E-state index contributed by atoms with van der Waals surface area (Å²) in [6.07, 6.45) is 1.68. The molecule has 0 saturated heterocycles. The molecule has 98 valence electrons. The van der Waals surface area contributed by atoms with Gasteiger partial charge in [-0.15, -0.1) is 0 Å². The number of thiocarbonyl (C=S) groups is 1. The van der Waals surface area contributed by atoms with Crippen molar-refractivity contribution in [3.63, 3.8) is 0 Å². The number of benzene rings is 1. The molecule has 1 heterocycles. The number of hydrogen-bond acceptors (Lipinski definition) is 2. The van der Waals surface area contributed by atoms with Gasteiger partial charge >= 0.3 is 0 Å². The van der Waals surface area contributed by atoms with Gasteiger partial charge in [-0.25, -0.2) is 0 Å². The van der Waals surface area contributed by atoms with Crippen molar-refractivity contribution in [2.75, 3.05) is 0 Å². The fraction of sp³-hybridized carbons (Fsp3) is 0.0769. The molecule has 0 spiro atoms. The zero-order valence-electron chi connectivity index (χ0n) is 9.77. The summed E-state index contributed by atoms with van der Waals surface area (Å²) in [6.45, 7) is 0.376. The van der Waals surface area contributed by atoms with E-state index in [0.29, 0.717) is 17.1 Å². The number of nitrogens with two attached hydrogens (primary N) is 1. The second-order valence-electron chi connectivity index (χ2n) is 3.95. The van der Waals surface area contributed by atoms with Crippen LogP contribution in [0.15, 0.2) is 45.8 Å². The van der Waals surface area contributed by atoms with Gasteiger partial charge in [0.25, 0.3) is 5.56 Å². The molecule has 6 heteroatoms. The molecule has 2 N–H and O–H groups in total. The minimum atomic E-state index is -0.214. The van der Waals surface area contributed by atoms with E-state index in [1.807, 2.05) is 12.1 Å². The third-order valence-corrected chi connectivity index (χ3v) is 3.71. The first-order valence-corrected chi connectivity index (χ1v) is 7.00. The Kier molecular flexibility index (Phi) is 4.39. The third kappa shape index (κ3) is 3.23. The van der Waals surface area contributed by atoms with Gasteiger partial charge in [0.1, 0.15) is 4.99 Å². The predicted molar refractivity (Wildman–Crippen MR) is 84.8 cm³/mol. The summed E-state index contributed by atoms with van der Waals surface area (Å²) < 4.78 is 2.43. The molecule has 0 bridgehead atoms. The first-order chi connectivity index (χ1) is 8.99. The number of rotatable bonds is 3. The first-order valence-electron chi connectivity index (χ1n) is 5.42. The van der Waals surface area contributed by atoms with Gasteiger partial charge in [0.15, 0.2) is 0 Å². The van der Waals surface area contributed by atoms with E-state index in [9.17, 15) is 4.79 Å². The van der Waals surface area contributed by atoms with Crippen molar-refractivity contribution < 1.29 is 0 Å². The highest BCUT2D eigenvalue weighted by atomic mass is 79.9. The largest absolute Gasteiger partial charge is 0.389 e. The van der Waals surface area contributed by atoms with Crippen LogP contribution in [0, 0.1) is 0 Å². The molecule has 3 nitrogen and oxygen atoms in total. The molecule has 0 saturated carbocycles. The Balaban J connectivity index is 2.42. The van der Waals surface area contributed by atoms with E-state index in [4.69, 9.17) is 29.6 Å². The molecular formula is C13H10BrClN2OS. The highest BCUT2D eigenvalue weighted by molar-refractivity contribution is 9.10. The van der Waals surface area contributed by atoms with Crippen molar-refractivity contribution in [2.24, 2.45) is 5.73 Å². The molecule has 1 aromatic heterocycles. The van der Waals surface area contributed by atoms with Gasteiger partial charge < -0.3 is 10.3 Å². The SMILES string of the molecule is NC(=S)c1cccn(Cc2ccc(Br)cc2Cl)c1=O. The van der Waals surface area contributed by atoms with E-state index in [1.165, 1.54) is 4.57 Å². The molecule has 0 radical (unpaired) electrons. The van der Waals surface area contributed by atoms with Crippen molar-refractivity contribution in [3.8, 4) is 0 Å². The van der Waals surface area contributed by atoms with Gasteiger partial charge in [0.05, 0.1) is 12.1 Å². The maximum Gasteiger partial charge on any atom is 0.261 e. The van der Waals surface area contributed by atoms with Gasteiger partial charge in [0.2, 0.25) is 0 Å². The molecule has 0 fully saturated rings. The van der Waals surface area contributed by atoms with Crippen LogP contribution in [0.2, 0.25) is 5.02 Å². The van der Waals surface area contributed by atoms with E-state index in [0.717, 1.165) is 10.0 Å². The molecule has 0 amide bonds. The van der Waals surface area contributed by atoms with Crippen LogP contribution in [0.4, 0.5) is 0 Å². The van der Waals surface area contributed by atoms with Gasteiger partial charge in [-0.1, -0.05) is 45.8 Å². The predicted octanol–water partition coefficient (Wildman–Crippen LogP) is 2.95. The van der Waals surface area contributed by atoms with Crippen LogP contribution in [0.3, 0.4) is 0 Å². The molecule has 0 unspecified atom stereocenters. The molecule has 2 rings (SSSR count). The van der Waals surface area contributed by atoms with E-state index in [-0.39, 0.29) is 10.5 Å². The van der Waals surface area contributed by atoms with Gasteiger partial charge in [-0.05, 0) is 29.8 Å². The number of aromatic nitrogens is 1. The van der Waals surface area contributed by atoms with Crippen LogP contribution < -0.4 is 11.3 Å². The van der Waals surface area contributed by atoms with Crippen molar-refractivity contribution in [1.29, 1.82) is 0 Å². The fourth-order valence-electron chi connectivity index (χ4n) is 1.68. The Morgan fingerprint density at radius 3 is 2.79 bits per heavy atom. The topological polar surface area (TPSA) is 48.0 Å². The average molecular weight is 358 g/mol. The molecule has 0 atom stereocenters. The molecular weight excluding hydrogens is 348 g/mol. The van der Waals surface area contributed by atoms with Crippen LogP contribution >= 0.6 is 39.7 Å². The number of nitrogens with zero attached hydrogens (tertiary/aromatic N) is 1. The van der Waals surface area contributed by atoms with Crippen LogP contribution in [-0.2, 0) is 6.54 Å². The first kappa shape index (κ1) is 14.2. The monoisotopic (exact) mass is 356 g/mol. The van der Waals surface area contributed by atoms with E-state index in [2.05, 4.69) is 15.9 Å². The molecule has 19 heavy (non-hydrogen) atoms. The molecule has 2 aromatic rings. The molecule has 1 aromatic carbocycles. The Labute approximate surface area is 129 Å². The lowest BCUT2D eigenvalue weighted by molar-refractivity contribution is 0.758. The normalized spacial score (nSPS) is 10.4. The lowest BCUT2D eigenvalue weighted by Crippen LogP contribution is -2.28. The second-order valence-corrected chi connectivity index (χ2v) is 5.72. The molecule has 0 aliphatic rings. The number of halogens is 2. The van der Waals surface area contributed by atoms with Crippen LogP contribution in [0.25, 0.3) is 0 Å².